The highest BCUT2D eigenvalue weighted by Gasteiger charge is 2.24. The predicted molar refractivity (Wildman–Crippen MR) is 126 cm³/mol. The molecule has 0 fully saturated rings. The molecular formula is C25H24FN7. The standard InChI is InChI=1S/C25H24FN7/c1-14(2)20-13-28-33-24(20)31-23(15-9-16(26)12-27-11-15)32-25(33)29-17-7-8-19-18-5-3-4-6-21(18)30-22(19)10-17/h3-6,9,11-14,17,30H,7-8,10H2,1-2H3,(H,29,31,32). The van der Waals surface area contributed by atoms with E-state index >= 15 is 0 Å². The lowest BCUT2D eigenvalue weighted by atomic mass is 9.92. The highest BCUT2D eigenvalue weighted by atomic mass is 19.1. The van der Waals surface area contributed by atoms with E-state index in [0.29, 0.717) is 17.3 Å². The van der Waals surface area contributed by atoms with Gasteiger partial charge < -0.3 is 10.3 Å². The number of para-hydroxylation sites is 1. The minimum absolute atomic E-state index is 0.189. The third-order valence-corrected chi connectivity index (χ3v) is 6.41. The number of aryl methyl sites for hydroxylation is 1. The summed E-state index contributed by atoms with van der Waals surface area (Å²) in [7, 11) is 0. The maximum Gasteiger partial charge on any atom is 0.228 e. The van der Waals surface area contributed by atoms with Gasteiger partial charge in [-0.3, -0.25) is 4.98 Å². The third-order valence-electron chi connectivity index (χ3n) is 6.41. The molecule has 1 aliphatic rings. The second-order valence-corrected chi connectivity index (χ2v) is 8.96. The van der Waals surface area contributed by atoms with E-state index < -0.39 is 5.82 Å². The van der Waals surface area contributed by atoms with Crippen LogP contribution in [0.1, 0.15) is 43.0 Å². The summed E-state index contributed by atoms with van der Waals surface area (Å²) < 4.78 is 15.6. The van der Waals surface area contributed by atoms with Crippen LogP contribution in [0.15, 0.2) is 48.9 Å². The van der Waals surface area contributed by atoms with Gasteiger partial charge in [-0.2, -0.15) is 14.6 Å². The zero-order valence-corrected chi connectivity index (χ0v) is 18.5. The van der Waals surface area contributed by atoms with Gasteiger partial charge in [-0.25, -0.2) is 9.37 Å². The molecule has 1 aliphatic carbocycles. The molecule has 2 N–H and O–H groups in total. The average Bonchev–Trinajstić information content (AvgIpc) is 3.40. The number of nitrogens with one attached hydrogen (secondary N) is 2. The molecule has 1 atom stereocenters. The molecule has 4 aromatic heterocycles. The van der Waals surface area contributed by atoms with Crippen LogP contribution in [0, 0.1) is 5.82 Å². The fourth-order valence-electron chi connectivity index (χ4n) is 4.75. The number of aromatic amines is 1. The summed E-state index contributed by atoms with van der Waals surface area (Å²) in [6.45, 7) is 4.21. The Morgan fingerprint density at radius 1 is 1.15 bits per heavy atom. The topological polar surface area (TPSA) is 83.8 Å². The van der Waals surface area contributed by atoms with Crippen molar-refractivity contribution in [2.24, 2.45) is 0 Å². The van der Waals surface area contributed by atoms with Crippen molar-refractivity contribution in [1.82, 2.24) is 29.5 Å². The molecule has 0 amide bonds. The number of benzene rings is 1. The van der Waals surface area contributed by atoms with E-state index in [4.69, 9.17) is 9.97 Å². The summed E-state index contributed by atoms with van der Waals surface area (Å²) in [5.74, 6) is 0.867. The lowest BCUT2D eigenvalue weighted by molar-refractivity contribution is 0.598. The number of aromatic nitrogens is 6. The molecule has 0 spiro atoms. The molecule has 5 aromatic rings. The summed E-state index contributed by atoms with van der Waals surface area (Å²) in [5.41, 5.74) is 6.14. The highest BCUT2D eigenvalue weighted by Crippen LogP contribution is 2.31. The molecule has 0 radical (unpaired) electrons. The van der Waals surface area contributed by atoms with Crippen molar-refractivity contribution in [3.63, 3.8) is 0 Å². The smallest absolute Gasteiger partial charge is 0.228 e. The Kier molecular flexibility index (Phi) is 4.60. The third kappa shape index (κ3) is 3.42. The van der Waals surface area contributed by atoms with Crippen LogP contribution in [-0.4, -0.2) is 35.6 Å². The Morgan fingerprint density at radius 3 is 2.88 bits per heavy atom. The molecule has 0 aliphatic heterocycles. The number of nitrogens with zero attached hydrogens (tertiary/aromatic N) is 5. The van der Waals surface area contributed by atoms with E-state index in [0.717, 1.165) is 30.5 Å². The van der Waals surface area contributed by atoms with E-state index in [1.165, 1.54) is 34.4 Å². The first kappa shape index (κ1) is 19.8. The molecule has 8 heteroatoms. The van der Waals surface area contributed by atoms with E-state index in [1.54, 1.807) is 10.7 Å². The number of rotatable bonds is 4. The van der Waals surface area contributed by atoms with Crippen molar-refractivity contribution in [3.05, 3.63) is 71.6 Å². The van der Waals surface area contributed by atoms with Crippen molar-refractivity contribution < 1.29 is 4.39 Å². The van der Waals surface area contributed by atoms with Gasteiger partial charge in [0.15, 0.2) is 11.5 Å². The van der Waals surface area contributed by atoms with Gasteiger partial charge in [0, 0.05) is 46.4 Å². The predicted octanol–water partition coefficient (Wildman–Crippen LogP) is 4.90. The molecule has 6 rings (SSSR count). The fraction of sp³-hybridized carbons (Fsp3) is 0.280. The van der Waals surface area contributed by atoms with Crippen LogP contribution in [0.4, 0.5) is 10.3 Å². The van der Waals surface area contributed by atoms with Gasteiger partial charge in [-0.05, 0) is 36.5 Å². The van der Waals surface area contributed by atoms with Crippen LogP contribution in [0.3, 0.4) is 0 Å². The molecule has 7 nitrogen and oxygen atoms in total. The van der Waals surface area contributed by atoms with Crippen LogP contribution in [0.5, 0.6) is 0 Å². The monoisotopic (exact) mass is 441 g/mol. The quantitative estimate of drug-likeness (QED) is 0.414. The largest absolute Gasteiger partial charge is 0.358 e. The zero-order chi connectivity index (χ0) is 22.5. The van der Waals surface area contributed by atoms with Crippen LogP contribution >= 0.6 is 0 Å². The van der Waals surface area contributed by atoms with Crippen LogP contribution in [0.2, 0.25) is 0 Å². The summed E-state index contributed by atoms with van der Waals surface area (Å²) >= 11 is 0. The summed E-state index contributed by atoms with van der Waals surface area (Å²) in [5, 5.41) is 9.48. The van der Waals surface area contributed by atoms with Crippen LogP contribution in [0.25, 0.3) is 27.9 Å². The molecule has 0 saturated carbocycles. The minimum Gasteiger partial charge on any atom is -0.358 e. The fourth-order valence-corrected chi connectivity index (χ4v) is 4.75. The number of halogens is 1. The summed E-state index contributed by atoms with van der Waals surface area (Å²) in [6.07, 6.45) is 7.44. The number of pyridine rings is 1. The van der Waals surface area contributed by atoms with E-state index in [1.807, 2.05) is 6.20 Å². The second kappa shape index (κ2) is 7.65. The Hall–Kier alpha value is -3.81. The molecule has 0 saturated heterocycles. The molecule has 0 bridgehead atoms. The molecule has 4 heterocycles. The van der Waals surface area contributed by atoms with Gasteiger partial charge in [0.25, 0.3) is 0 Å². The highest BCUT2D eigenvalue weighted by molar-refractivity contribution is 5.85. The Balaban J connectivity index is 1.40. The number of hydrogen-bond acceptors (Lipinski definition) is 5. The summed E-state index contributed by atoms with van der Waals surface area (Å²) in [4.78, 5) is 17.0. The second-order valence-electron chi connectivity index (χ2n) is 8.96. The number of H-pyrrole nitrogens is 1. The average molecular weight is 442 g/mol. The summed E-state index contributed by atoms with van der Waals surface area (Å²) in [6, 6.07) is 10.1. The van der Waals surface area contributed by atoms with Gasteiger partial charge in [-0.1, -0.05) is 32.0 Å². The van der Waals surface area contributed by atoms with Crippen molar-refractivity contribution in [3.8, 4) is 11.4 Å². The first-order chi connectivity index (χ1) is 16.1. The normalized spacial score (nSPS) is 15.9. The zero-order valence-electron chi connectivity index (χ0n) is 18.5. The van der Waals surface area contributed by atoms with Gasteiger partial charge in [-0.15, -0.1) is 0 Å². The maximum absolute atomic E-state index is 13.9. The van der Waals surface area contributed by atoms with E-state index in [-0.39, 0.29) is 12.0 Å². The SMILES string of the molecule is CC(C)c1cnn2c(NC3CCc4c([nH]c5ccccc45)C3)nc(-c3cncc(F)c3)nc12. The van der Waals surface area contributed by atoms with E-state index in [9.17, 15) is 4.39 Å². The maximum atomic E-state index is 13.9. The van der Waals surface area contributed by atoms with Gasteiger partial charge in [0.05, 0.1) is 12.4 Å². The van der Waals surface area contributed by atoms with Crippen molar-refractivity contribution >= 4 is 22.5 Å². The lowest BCUT2D eigenvalue weighted by Gasteiger charge is -2.24. The van der Waals surface area contributed by atoms with Gasteiger partial charge in [0.1, 0.15) is 5.82 Å². The van der Waals surface area contributed by atoms with Crippen LogP contribution in [-0.2, 0) is 12.8 Å². The minimum atomic E-state index is -0.415. The molecule has 1 unspecified atom stereocenters. The Morgan fingerprint density at radius 2 is 2.03 bits per heavy atom. The lowest BCUT2D eigenvalue weighted by Crippen LogP contribution is -2.29. The molecule has 166 valence electrons. The van der Waals surface area contributed by atoms with Crippen molar-refractivity contribution in [2.45, 2.75) is 45.1 Å². The van der Waals surface area contributed by atoms with Gasteiger partial charge in [0.2, 0.25) is 5.95 Å². The molecular weight excluding hydrogens is 417 g/mol. The first-order valence-corrected chi connectivity index (χ1v) is 11.3. The first-order valence-electron chi connectivity index (χ1n) is 11.3. The van der Waals surface area contributed by atoms with Crippen molar-refractivity contribution in [2.75, 3.05) is 5.32 Å². The number of fused-ring (bicyclic) bond motifs is 4. The molecule has 33 heavy (non-hydrogen) atoms. The number of hydrogen-bond donors (Lipinski definition) is 2. The number of anilines is 1. The van der Waals surface area contributed by atoms with E-state index in [2.05, 4.69) is 58.5 Å². The molecule has 1 aromatic carbocycles. The Bertz CT molecular complexity index is 1480. The Labute approximate surface area is 190 Å². The van der Waals surface area contributed by atoms with Crippen molar-refractivity contribution in [1.29, 1.82) is 0 Å². The van der Waals surface area contributed by atoms with Gasteiger partial charge >= 0.3 is 0 Å². The van der Waals surface area contributed by atoms with Crippen LogP contribution < -0.4 is 5.32 Å².